The van der Waals surface area contributed by atoms with Gasteiger partial charge in [-0.15, -0.1) is 0 Å². The maximum absolute atomic E-state index is 12.6. The molecule has 1 atom stereocenters. The largest absolute Gasteiger partial charge is 0.497 e. The number of ether oxygens (including phenoxy) is 2. The number of amides is 1. The van der Waals surface area contributed by atoms with Crippen LogP contribution >= 0.6 is 0 Å². The quantitative estimate of drug-likeness (QED) is 0.897. The molecule has 1 aliphatic rings. The summed E-state index contributed by atoms with van der Waals surface area (Å²) in [5, 5.41) is 2.72. The van der Waals surface area contributed by atoms with Crippen LogP contribution in [-0.4, -0.2) is 40.3 Å². The van der Waals surface area contributed by atoms with Gasteiger partial charge in [0.25, 0.3) is 5.91 Å². The molecule has 0 saturated heterocycles. The number of hydrogen-bond acceptors (Lipinski definition) is 5. The normalized spacial score (nSPS) is 16.6. The van der Waals surface area contributed by atoms with Crippen molar-refractivity contribution in [3.63, 3.8) is 0 Å². The molecule has 1 N–H and O–H groups in total. The predicted octanol–water partition coefficient (Wildman–Crippen LogP) is 1.86. The van der Waals surface area contributed by atoms with E-state index >= 15 is 0 Å². The molecule has 7 nitrogen and oxygen atoms in total. The van der Waals surface area contributed by atoms with Crippen LogP contribution in [0.25, 0.3) is 0 Å². The van der Waals surface area contributed by atoms with Gasteiger partial charge in [-0.05, 0) is 24.3 Å². The highest BCUT2D eigenvalue weighted by molar-refractivity contribution is 7.92. The van der Waals surface area contributed by atoms with Gasteiger partial charge in [0, 0.05) is 11.8 Å². The summed E-state index contributed by atoms with van der Waals surface area (Å²) in [7, 11) is -2.00. The molecule has 1 aliphatic heterocycles. The zero-order chi connectivity index (χ0) is 18.0. The van der Waals surface area contributed by atoms with Crippen LogP contribution in [0.2, 0.25) is 0 Å². The zero-order valence-electron chi connectivity index (χ0n) is 13.8. The lowest BCUT2D eigenvalue weighted by molar-refractivity contribution is -0.122. The van der Waals surface area contributed by atoms with Crippen LogP contribution in [0.1, 0.15) is 0 Å². The Morgan fingerprint density at radius 3 is 2.72 bits per heavy atom. The Hall–Kier alpha value is -2.74. The Bertz CT molecular complexity index is 897. The number of nitrogens with zero attached hydrogens (tertiary/aromatic N) is 1. The Kier molecular flexibility index (Phi) is 4.54. The van der Waals surface area contributed by atoms with E-state index in [4.69, 9.17) is 9.47 Å². The maximum atomic E-state index is 12.6. The SMILES string of the molecule is COc1cccc(NC(=O)C2CN(S(C)(=O)=O)c3ccccc3O2)c1. The lowest BCUT2D eigenvalue weighted by Gasteiger charge is -2.33. The molecule has 25 heavy (non-hydrogen) atoms. The molecule has 0 aliphatic carbocycles. The van der Waals surface area contributed by atoms with Crippen LogP contribution in [0.4, 0.5) is 11.4 Å². The topological polar surface area (TPSA) is 84.9 Å². The number of methoxy groups -OCH3 is 1. The summed E-state index contributed by atoms with van der Waals surface area (Å²) in [4.78, 5) is 12.6. The van der Waals surface area contributed by atoms with E-state index < -0.39 is 22.0 Å². The van der Waals surface area contributed by atoms with Crippen molar-refractivity contribution in [2.45, 2.75) is 6.10 Å². The molecule has 1 unspecified atom stereocenters. The fourth-order valence-corrected chi connectivity index (χ4v) is 3.49. The third-order valence-corrected chi connectivity index (χ3v) is 4.91. The minimum atomic E-state index is -3.54. The van der Waals surface area contributed by atoms with Crippen LogP contribution in [0.5, 0.6) is 11.5 Å². The second-order valence-corrected chi connectivity index (χ2v) is 7.50. The molecular formula is C17H18N2O5S. The van der Waals surface area contributed by atoms with Crippen molar-refractivity contribution in [3.05, 3.63) is 48.5 Å². The van der Waals surface area contributed by atoms with Crippen LogP contribution in [0.15, 0.2) is 48.5 Å². The van der Waals surface area contributed by atoms with Crippen molar-refractivity contribution in [3.8, 4) is 11.5 Å². The van der Waals surface area contributed by atoms with Crippen molar-refractivity contribution in [2.24, 2.45) is 0 Å². The van der Waals surface area contributed by atoms with Crippen molar-refractivity contribution < 1.29 is 22.7 Å². The molecule has 2 aromatic carbocycles. The van der Waals surface area contributed by atoms with E-state index in [1.165, 1.54) is 11.4 Å². The molecule has 8 heteroatoms. The second-order valence-electron chi connectivity index (χ2n) is 5.59. The predicted molar refractivity (Wildman–Crippen MR) is 94.7 cm³/mol. The van der Waals surface area contributed by atoms with Crippen LogP contribution in [0.3, 0.4) is 0 Å². The standard InChI is InChI=1S/C17H18N2O5S/c1-23-13-7-5-6-12(10-13)18-17(20)16-11-19(25(2,21)22)14-8-3-4-9-15(14)24-16/h3-10,16H,11H2,1-2H3,(H,18,20). The smallest absolute Gasteiger partial charge is 0.267 e. The van der Waals surface area contributed by atoms with E-state index in [1.54, 1.807) is 48.5 Å². The van der Waals surface area contributed by atoms with Crippen LogP contribution in [-0.2, 0) is 14.8 Å². The minimum Gasteiger partial charge on any atom is -0.497 e. The Labute approximate surface area is 146 Å². The summed E-state index contributed by atoms with van der Waals surface area (Å²) >= 11 is 0. The van der Waals surface area contributed by atoms with Crippen molar-refractivity contribution in [1.82, 2.24) is 0 Å². The number of sulfonamides is 1. The number of nitrogens with one attached hydrogen (secondary N) is 1. The fourth-order valence-electron chi connectivity index (χ4n) is 2.58. The number of anilines is 2. The summed E-state index contributed by atoms with van der Waals surface area (Å²) in [6.45, 7) is -0.0916. The molecule has 0 bridgehead atoms. The zero-order valence-corrected chi connectivity index (χ0v) is 14.6. The van der Waals surface area contributed by atoms with Crippen LogP contribution < -0.4 is 19.1 Å². The molecule has 0 spiro atoms. The Morgan fingerprint density at radius 1 is 1.24 bits per heavy atom. The number of rotatable bonds is 4. The van der Waals surface area contributed by atoms with Gasteiger partial charge in [0.15, 0.2) is 6.10 Å². The number of fused-ring (bicyclic) bond motifs is 1. The average molecular weight is 362 g/mol. The van der Waals surface area contributed by atoms with E-state index in [-0.39, 0.29) is 6.54 Å². The van der Waals surface area contributed by atoms with E-state index in [1.807, 2.05) is 0 Å². The molecule has 1 amide bonds. The second kappa shape index (κ2) is 6.64. The monoisotopic (exact) mass is 362 g/mol. The summed E-state index contributed by atoms with van der Waals surface area (Å²) in [6.07, 6.45) is 0.141. The number of carbonyl (C=O) groups excluding carboxylic acids is 1. The first-order valence-corrected chi connectivity index (χ1v) is 9.41. The van der Waals surface area contributed by atoms with E-state index in [0.717, 1.165) is 6.26 Å². The molecular weight excluding hydrogens is 344 g/mol. The van der Waals surface area contributed by atoms with Gasteiger partial charge in [0.05, 0.1) is 25.6 Å². The van der Waals surface area contributed by atoms with Gasteiger partial charge in [-0.25, -0.2) is 8.42 Å². The first-order chi connectivity index (χ1) is 11.9. The molecule has 2 aromatic rings. The van der Waals surface area contributed by atoms with Gasteiger partial charge >= 0.3 is 0 Å². The van der Waals surface area contributed by atoms with Crippen molar-refractivity contribution in [1.29, 1.82) is 0 Å². The van der Waals surface area contributed by atoms with Gasteiger partial charge in [0.1, 0.15) is 11.5 Å². The van der Waals surface area contributed by atoms with Gasteiger partial charge in [0.2, 0.25) is 10.0 Å². The van der Waals surface area contributed by atoms with Gasteiger partial charge < -0.3 is 14.8 Å². The summed E-state index contributed by atoms with van der Waals surface area (Å²) < 4.78 is 36.2. The lowest BCUT2D eigenvalue weighted by Crippen LogP contribution is -2.48. The van der Waals surface area contributed by atoms with Gasteiger partial charge in [-0.2, -0.15) is 0 Å². The molecule has 1 heterocycles. The Morgan fingerprint density at radius 2 is 2.00 bits per heavy atom. The number of hydrogen-bond donors (Lipinski definition) is 1. The van der Waals surface area contributed by atoms with Crippen molar-refractivity contribution >= 4 is 27.3 Å². The van der Waals surface area contributed by atoms with Gasteiger partial charge in [-0.1, -0.05) is 18.2 Å². The average Bonchev–Trinajstić information content (AvgIpc) is 2.60. The van der Waals surface area contributed by atoms with E-state index in [9.17, 15) is 13.2 Å². The highest BCUT2D eigenvalue weighted by atomic mass is 32.2. The van der Waals surface area contributed by atoms with Gasteiger partial charge in [-0.3, -0.25) is 9.10 Å². The Balaban J connectivity index is 1.84. The number of para-hydroxylation sites is 2. The third-order valence-electron chi connectivity index (χ3n) is 3.76. The molecule has 0 aromatic heterocycles. The van der Waals surface area contributed by atoms with Crippen molar-refractivity contribution in [2.75, 3.05) is 29.5 Å². The summed E-state index contributed by atoms with van der Waals surface area (Å²) in [5.41, 5.74) is 0.966. The molecule has 3 rings (SSSR count). The lowest BCUT2D eigenvalue weighted by atomic mass is 10.2. The summed E-state index contributed by atoms with van der Waals surface area (Å²) in [5.74, 6) is 0.520. The summed E-state index contributed by atoms with van der Waals surface area (Å²) in [6, 6.07) is 13.6. The highest BCUT2D eigenvalue weighted by Crippen LogP contribution is 2.34. The molecule has 0 fully saturated rings. The number of benzene rings is 2. The molecule has 132 valence electrons. The third kappa shape index (κ3) is 3.69. The molecule has 0 radical (unpaired) electrons. The first-order valence-electron chi connectivity index (χ1n) is 7.57. The number of carbonyl (C=O) groups is 1. The minimum absolute atomic E-state index is 0.0916. The maximum Gasteiger partial charge on any atom is 0.267 e. The van der Waals surface area contributed by atoms with Crippen LogP contribution in [0, 0.1) is 0 Å². The first kappa shape index (κ1) is 17.1. The molecule has 0 saturated carbocycles. The fraction of sp³-hybridized carbons (Fsp3) is 0.235. The highest BCUT2D eigenvalue weighted by Gasteiger charge is 2.34. The van der Waals surface area contributed by atoms with E-state index in [0.29, 0.717) is 22.9 Å². The van der Waals surface area contributed by atoms with E-state index in [2.05, 4.69) is 5.32 Å².